The molecule has 0 aromatic heterocycles. The van der Waals surface area contributed by atoms with Crippen LogP contribution in [-0.4, -0.2) is 41.8 Å². The van der Waals surface area contributed by atoms with E-state index in [1.54, 1.807) is 11.9 Å². The molecule has 18 heavy (non-hydrogen) atoms. The topological polar surface area (TPSA) is 52.6 Å². The molecule has 0 heterocycles. The second-order valence-corrected chi connectivity index (χ2v) is 6.58. The van der Waals surface area contributed by atoms with E-state index in [0.29, 0.717) is 11.3 Å². The number of carbonyl (C=O) groups is 1. The van der Waals surface area contributed by atoms with Gasteiger partial charge in [-0.25, -0.2) is 4.79 Å². The number of hydrogen-bond acceptors (Lipinski definition) is 2. The zero-order valence-corrected chi connectivity index (χ0v) is 12.4. The van der Waals surface area contributed by atoms with E-state index in [0.717, 1.165) is 19.3 Å². The third-order valence-corrected chi connectivity index (χ3v) is 4.25. The Kier molecular flexibility index (Phi) is 5.02. The summed E-state index contributed by atoms with van der Waals surface area (Å²) in [6, 6.07) is 0.0484. The Balaban J connectivity index is 2.51. The number of likely N-dealkylation sites (N-methyl/N-ethyl adjacent to an activating group) is 1. The molecule has 1 aliphatic rings. The molecule has 0 bridgehead atoms. The van der Waals surface area contributed by atoms with E-state index in [9.17, 15) is 4.79 Å². The second kappa shape index (κ2) is 5.91. The van der Waals surface area contributed by atoms with Gasteiger partial charge in [-0.3, -0.25) is 0 Å². The molecule has 2 N–H and O–H groups in total. The van der Waals surface area contributed by atoms with Crippen molar-refractivity contribution >= 4 is 6.03 Å². The molecule has 3 unspecified atom stereocenters. The first-order valence-electron chi connectivity index (χ1n) is 6.91. The zero-order valence-electron chi connectivity index (χ0n) is 12.4. The van der Waals surface area contributed by atoms with Crippen LogP contribution >= 0.6 is 0 Å². The van der Waals surface area contributed by atoms with Crippen molar-refractivity contribution in [3.05, 3.63) is 0 Å². The first-order chi connectivity index (χ1) is 8.26. The fraction of sp³-hybridized carbons (Fsp3) is 0.929. The number of nitrogens with one attached hydrogen (secondary N) is 1. The number of rotatable bonds is 3. The Bertz CT molecular complexity index is 292. The lowest BCUT2D eigenvalue weighted by atomic mass is 9.70. The van der Waals surface area contributed by atoms with Crippen molar-refractivity contribution in [3.8, 4) is 0 Å². The lowest BCUT2D eigenvalue weighted by Gasteiger charge is -2.40. The Labute approximate surface area is 111 Å². The molecule has 0 spiro atoms. The summed E-state index contributed by atoms with van der Waals surface area (Å²) in [5.74, 6) is 0.510. The fourth-order valence-corrected chi connectivity index (χ4v) is 2.74. The SMILES string of the molecule is CC1CC(C)(C)CCC1NC(=O)N(C)C(C)CO. The molecule has 106 valence electrons. The normalized spacial score (nSPS) is 28.6. The molecule has 3 atom stereocenters. The molecule has 2 amide bonds. The number of aliphatic hydroxyl groups excluding tert-OH is 1. The summed E-state index contributed by atoms with van der Waals surface area (Å²) < 4.78 is 0. The van der Waals surface area contributed by atoms with Gasteiger partial charge in [-0.2, -0.15) is 0 Å². The monoisotopic (exact) mass is 256 g/mol. The van der Waals surface area contributed by atoms with Crippen molar-refractivity contribution in [2.45, 2.75) is 59.0 Å². The van der Waals surface area contributed by atoms with E-state index in [-0.39, 0.29) is 24.7 Å². The minimum Gasteiger partial charge on any atom is -0.394 e. The Hall–Kier alpha value is -0.770. The van der Waals surface area contributed by atoms with Crippen LogP contribution in [-0.2, 0) is 0 Å². The lowest BCUT2D eigenvalue weighted by molar-refractivity contribution is 0.128. The van der Waals surface area contributed by atoms with Crippen LogP contribution in [0.3, 0.4) is 0 Å². The van der Waals surface area contributed by atoms with Gasteiger partial charge in [0, 0.05) is 13.1 Å². The number of aliphatic hydroxyl groups is 1. The lowest BCUT2D eigenvalue weighted by Crippen LogP contribution is -2.51. The van der Waals surface area contributed by atoms with E-state index < -0.39 is 0 Å². The molecule has 0 aliphatic heterocycles. The van der Waals surface area contributed by atoms with Crippen LogP contribution in [0.1, 0.15) is 47.0 Å². The maximum atomic E-state index is 12.0. The summed E-state index contributed by atoms with van der Waals surface area (Å²) >= 11 is 0. The van der Waals surface area contributed by atoms with E-state index in [4.69, 9.17) is 5.11 Å². The highest BCUT2D eigenvalue weighted by atomic mass is 16.3. The van der Waals surface area contributed by atoms with Gasteiger partial charge in [0.1, 0.15) is 0 Å². The highest BCUT2D eigenvalue weighted by Gasteiger charge is 2.33. The average Bonchev–Trinajstić information content (AvgIpc) is 2.30. The van der Waals surface area contributed by atoms with Gasteiger partial charge in [0.25, 0.3) is 0 Å². The van der Waals surface area contributed by atoms with Crippen molar-refractivity contribution in [2.24, 2.45) is 11.3 Å². The Morgan fingerprint density at radius 1 is 1.56 bits per heavy atom. The molecule has 1 aliphatic carbocycles. The molecule has 0 aromatic rings. The van der Waals surface area contributed by atoms with Crippen molar-refractivity contribution in [1.29, 1.82) is 0 Å². The summed E-state index contributed by atoms with van der Waals surface area (Å²) in [6.45, 7) is 8.63. The number of carbonyl (C=O) groups excluding carboxylic acids is 1. The van der Waals surface area contributed by atoms with Gasteiger partial charge in [-0.1, -0.05) is 20.8 Å². The predicted molar refractivity (Wildman–Crippen MR) is 73.4 cm³/mol. The fourth-order valence-electron chi connectivity index (χ4n) is 2.74. The molecule has 1 saturated carbocycles. The van der Waals surface area contributed by atoms with Crippen LogP contribution in [0.2, 0.25) is 0 Å². The summed E-state index contributed by atoms with van der Waals surface area (Å²) in [7, 11) is 1.73. The van der Waals surface area contributed by atoms with Crippen molar-refractivity contribution in [1.82, 2.24) is 10.2 Å². The van der Waals surface area contributed by atoms with Gasteiger partial charge < -0.3 is 15.3 Å². The maximum Gasteiger partial charge on any atom is 0.317 e. The highest BCUT2D eigenvalue weighted by molar-refractivity contribution is 5.74. The average molecular weight is 256 g/mol. The van der Waals surface area contributed by atoms with E-state index in [1.807, 2.05) is 6.92 Å². The maximum absolute atomic E-state index is 12.0. The summed E-state index contributed by atoms with van der Waals surface area (Å²) in [6.07, 6.45) is 3.35. The van der Waals surface area contributed by atoms with Gasteiger partial charge in [0.05, 0.1) is 12.6 Å². The van der Waals surface area contributed by atoms with Gasteiger partial charge in [0.15, 0.2) is 0 Å². The van der Waals surface area contributed by atoms with Crippen LogP contribution in [0.25, 0.3) is 0 Å². The first kappa shape index (κ1) is 15.3. The first-order valence-corrected chi connectivity index (χ1v) is 6.91. The van der Waals surface area contributed by atoms with Crippen LogP contribution < -0.4 is 5.32 Å². The molecule has 1 rings (SSSR count). The largest absolute Gasteiger partial charge is 0.394 e. The molecule has 0 saturated heterocycles. The number of amides is 2. The van der Waals surface area contributed by atoms with E-state index >= 15 is 0 Å². The van der Waals surface area contributed by atoms with Crippen LogP contribution in [0.15, 0.2) is 0 Å². The zero-order chi connectivity index (χ0) is 13.9. The smallest absolute Gasteiger partial charge is 0.317 e. The minimum absolute atomic E-state index is 0.00281. The minimum atomic E-state index is -0.139. The number of urea groups is 1. The standard InChI is InChI=1S/C14H28N2O2/c1-10-8-14(3,4)7-6-12(10)15-13(18)16(5)11(2)9-17/h10-12,17H,6-9H2,1-5H3,(H,15,18). The molecule has 4 heteroatoms. The van der Waals surface area contributed by atoms with Gasteiger partial charge >= 0.3 is 6.03 Å². The highest BCUT2D eigenvalue weighted by Crippen LogP contribution is 2.38. The molecular weight excluding hydrogens is 228 g/mol. The van der Waals surface area contributed by atoms with E-state index in [1.165, 1.54) is 0 Å². The third kappa shape index (κ3) is 3.87. The molecule has 0 aromatic carbocycles. The number of nitrogens with zero attached hydrogens (tertiary/aromatic N) is 1. The molecular formula is C14H28N2O2. The Morgan fingerprint density at radius 3 is 2.67 bits per heavy atom. The van der Waals surface area contributed by atoms with Crippen molar-refractivity contribution in [3.63, 3.8) is 0 Å². The molecule has 0 radical (unpaired) electrons. The van der Waals surface area contributed by atoms with Crippen LogP contribution in [0.5, 0.6) is 0 Å². The summed E-state index contributed by atoms with van der Waals surface area (Å²) in [4.78, 5) is 13.6. The molecule has 4 nitrogen and oxygen atoms in total. The van der Waals surface area contributed by atoms with Gasteiger partial charge in [-0.05, 0) is 37.5 Å². The van der Waals surface area contributed by atoms with Gasteiger partial charge in [-0.15, -0.1) is 0 Å². The summed E-state index contributed by atoms with van der Waals surface area (Å²) in [5, 5.41) is 12.2. The van der Waals surface area contributed by atoms with Crippen LogP contribution in [0, 0.1) is 11.3 Å². The third-order valence-electron chi connectivity index (χ3n) is 4.25. The second-order valence-electron chi connectivity index (χ2n) is 6.58. The predicted octanol–water partition coefficient (Wildman–Crippen LogP) is 2.22. The van der Waals surface area contributed by atoms with Crippen molar-refractivity contribution < 1.29 is 9.90 Å². The molecule has 1 fully saturated rings. The Morgan fingerprint density at radius 2 is 2.17 bits per heavy atom. The number of hydrogen-bond donors (Lipinski definition) is 2. The van der Waals surface area contributed by atoms with Crippen LogP contribution in [0.4, 0.5) is 4.79 Å². The summed E-state index contributed by atoms with van der Waals surface area (Å²) in [5.41, 5.74) is 0.394. The quantitative estimate of drug-likeness (QED) is 0.813. The van der Waals surface area contributed by atoms with Gasteiger partial charge in [0.2, 0.25) is 0 Å². The van der Waals surface area contributed by atoms with E-state index in [2.05, 4.69) is 26.1 Å². The van der Waals surface area contributed by atoms with Crippen molar-refractivity contribution in [2.75, 3.05) is 13.7 Å².